The van der Waals surface area contributed by atoms with Crippen LogP contribution in [0.4, 0.5) is 0 Å². The maximum absolute atomic E-state index is 10.2. The molecule has 0 aliphatic heterocycles. The van der Waals surface area contributed by atoms with Gasteiger partial charge in [0.2, 0.25) is 0 Å². The van der Waals surface area contributed by atoms with Crippen LogP contribution >= 0.6 is 11.8 Å². The van der Waals surface area contributed by atoms with E-state index in [-0.39, 0.29) is 0 Å². The minimum Gasteiger partial charge on any atom is -0.386 e. The van der Waals surface area contributed by atoms with Gasteiger partial charge in [0, 0.05) is 4.90 Å². The van der Waals surface area contributed by atoms with E-state index in [0.29, 0.717) is 0 Å². The van der Waals surface area contributed by atoms with Crippen LogP contribution in [-0.4, -0.2) is 10.4 Å². The lowest BCUT2D eigenvalue weighted by Gasteiger charge is -2.16. The van der Waals surface area contributed by atoms with Gasteiger partial charge in [-0.05, 0) is 17.7 Å². The highest BCUT2D eigenvalue weighted by molar-refractivity contribution is 8.00. The number of nitriles is 1. The van der Waals surface area contributed by atoms with Gasteiger partial charge in [-0.25, -0.2) is 0 Å². The van der Waals surface area contributed by atoms with Gasteiger partial charge >= 0.3 is 0 Å². The van der Waals surface area contributed by atoms with Gasteiger partial charge in [0.05, 0.1) is 6.07 Å². The van der Waals surface area contributed by atoms with Crippen LogP contribution in [0, 0.1) is 11.3 Å². The molecule has 0 aliphatic carbocycles. The Balaban J connectivity index is 2.13. The smallest absolute Gasteiger partial charge is 0.126 e. The molecule has 0 spiro atoms. The predicted octanol–water partition coefficient (Wildman–Crippen LogP) is 3.40. The summed E-state index contributed by atoms with van der Waals surface area (Å²) in [5.74, 6) is 0. The average molecular weight is 255 g/mol. The van der Waals surface area contributed by atoms with Crippen molar-refractivity contribution in [3.05, 3.63) is 66.2 Å². The number of aliphatic hydroxyl groups is 1. The molecule has 0 aliphatic rings. The Hall–Kier alpha value is -1.76. The van der Waals surface area contributed by atoms with Crippen molar-refractivity contribution in [2.24, 2.45) is 0 Å². The molecule has 1 N–H and O–H groups in total. The van der Waals surface area contributed by atoms with Gasteiger partial charge in [0.15, 0.2) is 0 Å². The molecule has 0 saturated carbocycles. The Labute approximate surface area is 111 Å². The average Bonchev–Trinajstić information content (AvgIpc) is 2.46. The molecular formula is C15H13NOS. The Morgan fingerprint density at radius 3 is 2.06 bits per heavy atom. The molecule has 2 nitrogen and oxygen atoms in total. The van der Waals surface area contributed by atoms with Crippen molar-refractivity contribution < 1.29 is 5.11 Å². The van der Waals surface area contributed by atoms with E-state index in [4.69, 9.17) is 0 Å². The van der Waals surface area contributed by atoms with E-state index in [1.807, 2.05) is 60.7 Å². The van der Waals surface area contributed by atoms with Crippen molar-refractivity contribution in [2.75, 3.05) is 0 Å². The summed E-state index contributed by atoms with van der Waals surface area (Å²) in [6.45, 7) is 0. The molecule has 2 atom stereocenters. The second-order valence-corrected chi connectivity index (χ2v) is 5.05. The van der Waals surface area contributed by atoms with Crippen molar-refractivity contribution in [3.63, 3.8) is 0 Å². The van der Waals surface area contributed by atoms with Crippen molar-refractivity contribution in [3.8, 4) is 6.07 Å². The molecule has 2 rings (SSSR count). The molecule has 3 heteroatoms. The third-order valence-corrected chi connectivity index (χ3v) is 3.72. The second-order valence-electron chi connectivity index (χ2n) is 3.84. The number of rotatable bonds is 4. The molecule has 0 radical (unpaired) electrons. The highest BCUT2D eigenvalue weighted by Gasteiger charge is 2.21. The molecule has 18 heavy (non-hydrogen) atoms. The zero-order valence-corrected chi connectivity index (χ0v) is 10.5. The fourth-order valence-corrected chi connectivity index (χ4v) is 2.58. The van der Waals surface area contributed by atoms with Gasteiger partial charge < -0.3 is 5.11 Å². The maximum atomic E-state index is 10.2. The molecule has 0 saturated heterocycles. The molecule has 0 amide bonds. The zero-order chi connectivity index (χ0) is 12.8. The van der Waals surface area contributed by atoms with Gasteiger partial charge in [-0.2, -0.15) is 5.26 Å². The van der Waals surface area contributed by atoms with Crippen LogP contribution in [0.2, 0.25) is 0 Å². The summed E-state index contributed by atoms with van der Waals surface area (Å²) < 4.78 is 0. The molecule has 2 aromatic carbocycles. The summed E-state index contributed by atoms with van der Waals surface area (Å²) in [7, 11) is 0. The molecule has 90 valence electrons. The monoisotopic (exact) mass is 255 g/mol. The quantitative estimate of drug-likeness (QED) is 0.851. The van der Waals surface area contributed by atoms with Crippen molar-refractivity contribution in [1.29, 1.82) is 5.26 Å². The summed E-state index contributed by atoms with van der Waals surface area (Å²) in [5, 5.41) is 18.9. The molecular weight excluding hydrogens is 242 g/mol. The van der Waals surface area contributed by atoms with Crippen LogP contribution in [0.5, 0.6) is 0 Å². The van der Waals surface area contributed by atoms with Crippen molar-refractivity contribution >= 4 is 11.8 Å². The molecule has 0 fully saturated rings. The minimum absolute atomic E-state index is 0.505. The number of hydrogen-bond donors (Lipinski definition) is 1. The van der Waals surface area contributed by atoms with Crippen LogP contribution in [0.15, 0.2) is 65.6 Å². The minimum atomic E-state index is -0.776. The summed E-state index contributed by atoms with van der Waals surface area (Å²) in [6.07, 6.45) is -0.776. The van der Waals surface area contributed by atoms with E-state index in [2.05, 4.69) is 6.07 Å². The third kappa shape index (κ3) is 3.13. The van der Waals surface area contributed by atoms with Gasteiger partial charge in [0.1, 0.15) is 11.4 Å². The Bertz CT molecular complexity index is 521. The van der Waals surface area contributed by atoms with E-state index >= 15 is 0 Å². The standard InChI is InChI=1S/C15H13NOS/c16-11-14(18-13-9-5-2-6-10-13)15(17)12-7-3-1-4-8-12/h1-10,14-15,17H. The topological polar surface area (TPSA) is 44.0 Å². The fourth-order valence-electron chi connectivity index (χ4n) is 1.63. The van der Waals surface area contributed by atoms with E-state index in [1.165, 1.54) is 11.8 Å². The van der Waals surface area contributed by atoms with Crippen molar-refractivity contribution in [2.45, 2.75) is 16.2 Å². The SMILES string of the molecule is N#CC(Sc1ccccc1)C(O)c1ccccc1. The summed E-state index contributed by atoms with van der Waals surface area (Å²) in [4.78, 5) is 0.985. The highest BCUT2D eigenvalue weighted by Crippen LogP contribution is 2.31. The number of benzene rings is 2. The number of nitrogens with zero attached hydrogens (tertiary/aromatic N) is 1. The Morgan fingerprint density at radius 1 is 0.944 bits per heavy atom. The molecule has 0 heterocycles. The normalized spacial score (nSPS) is 13.6. The van der Waals surface area contributed by atoms with E-state index in [9.17, 15) is 10.4 Å². The van der Waals surface area contributed by atoms with E-state index in [1.54, 1.807) is 0 Å². The largest absolute Gasteiger partial charge is 0.386 e. The maximum Gasteiger partial charge on any atom is 0.126 e. The number of hydrogen-bond acceptors (Lipinski definition) is 3. The first-order valence-corrected chi connectivity index (χ1v) is 6.53. The fraction of sp³-hybridized carbons (Fsp3) is 0.133. The van der Waals surface area contributed by atoms with Gasteiger partial charge in [-0.1, -0.05) is 48.5 Å². The molecule has 0 aromatic heterocycles. The van der Waals surface area contributed by atoms with Gasteiger partial charge in [-0.3, -0.25) is 0 Å². The lowest BCUT2D eigenvalue weighted by Crippen LogP contribution is -2.12. The number of thioether (sulfide) groups is 1. The second kappa shape index (κ2) is 6.25. The Kier molecular flexibility index (Phi) is 4.40. The highest BCUT2D eigenvalue weighted by atomic mass is 32.2. The molecule has 2 unspecified atom stereocenters. The summed E-state index contributed by atoms with van der Waals surface area (Å²) in [5.41, 5.74) is 0.771. The lowest BCUT2D eigenvalue weighted by molar-refractivity contribution is 0.188. The summed E-state index contributed by atoms with van der Waals surface area (Å²) in [6, 6.07) is 21.1. The van der Waals surface area contributed by atoms with Crippen molar-refractivity contribution in [1.82, 2.24) is 0 Å². The first-order valence-electron chi connectivity index (χ1n) is 5.65. The van der Waals surface area contributed by atoms with E-state index in [0.717, 1.165) is 10.5 Å². The third-order valence-electron chi connectivity index (χ3n) is 2.56. The molecule has 2 aromatic rings. The van der Waals surface area contributed by atoms with Crippen LogP contribution in [0.3, 0.4) is 0 Å². The van der Waals surface area contributed by atoms with Gasteiger partial charge in [0.25, 0.3) is 0 Å². The van der Waals surface area contributed by atoms with Crippen LogP contribution in [0.1, 0.15) is 11.7 Å². The van der Waals surface area contributed by atoms with Gasteiger partial charge in [-0.15, -0.1) is 11.8 Å². The zero-order valence-electron chi connectivity index (χ0n) is 9.73. The van der Waals surface area contributed by atoms with Crippen LogP contribution < -0.4 is 0 Å². The summed E-state index contributed by atoms with van der Waals surface area (Å²) >= 11 is 1.38. The first-order chi connectivity index (χ1) is 8.81. The number of aliphatic hydroxyl groups excluding tert-OH is 1. The Morgan fingerprint density at radius 2 is 1.50 bits per heavy atom. The lowest BCUT2D eigenvalue weighted by atomic mass is 10.1. The molecule has 0 bridgehead atoms. The van der Waals surface area contributed by atoms with Crippen LogP contribution in [0.25, 0.3) is 0 Å². The predicted molar refractivity (Wildman–Crippen MR) is 73.1 cm³/mol. The van der Waals surface area contributed by atoms with E-state index < -0.39 is 11.4 Å². The van der Waals surface area contributed by atoms with Crippen LogP contribution in [-0.2, 0) is 0 Å². The first kappa shape index (κ1) is 12.7.